The third-order valence-electron chi connectivity index (χ3n) is 3.31. The van der Waals surface area contributed by atoms with Crippen LogP contribution in [-0.2, 0) is 11.2 Å². The standard InChI is InChI=1S/C14H22N2O/c1-11(10-17-3)9-15-13-4-5-14-12(8-13)6-7-16(14)2/h4-5,8,11,15H,6-7,9-10H2,1-3H3. The molecule has 0 saturated carbocycles. The van der Waals surface area contributed by atoms with Crippen LogP contribution in [0.25, 0.3) is 0 Å². The number of benzene rings is 1. The molecule has 17 heavy (non-hydrogen) atoms. The van der Waals surface area contributed by atoms with Crippen molar-refractivity contribution in [3.05, 3.63) is 23.8 Å². The van der Waals surface area contributed by atoms with Crippen molar-refractivity contribution in [2.24, 2.45) is 5.92 Å². The number of methoxy groups -OCH3 is 1. The van der Waals surface area contributed by atoms with Gasteiger partial charge in [-0.1, -0.05) is 6.92 Å². The van der Waals surface area contributed by atoms with Gasteiger partial charge in [0.2, 0.25) is 0 Å². The third kappa shape index (κ3) is 2.91. The van der Waals surface area contributed by atoms with E-state index in [0.29, 0.717) is 5.92 Å². The van der Waals surface area contributed by atoms with Crippen LogP contribution in [0.1, 0.15) is 12.5 Å². The molecule has 0 radical (unpaired) electrons. The second-order valence-electron chi connectivity index (χ2n) is 4.96. The van der Waals surface area contributed by atoms with Crippen LogP contribution in [0.4, 0.5) is 11.4 Å². The van der Waals surface area contributed by atoms with Crippen molar-refractivity contribution in [1.82, 2.24) is 0 Å². The fourth-order valence-corrected chi connectivity index (χ4v) is 2.31. The van der Waals surface area contributed by atoms with Crippen molar-refractivity contribution in [2.45, 2.75) is 13.3 Å². The highest BCUT2D eigenvalue weighted by Crippen LogP contribution is 2.29. The first-order chi connectivity index (χ1) is 8.20. The van der Waals surface area contributed by atoms with Crippen molar-refractivity contribution in [2.75, 3.05) is 44.1 Å². The highest BCUT2D eigenvalue weighted by atomic mass is 16.5. The lowest BCUT2D eigenvalue weighted by atomic mass is 10.1. The van der Waals surface area contributed by atoms with E-state index in [1.54, 1.807) is 7.11 Å². The number of ether oxygens (including phenoxy) is 1. The van der Waals surface area contributed by atoms with Gasteiger partial charge in [-0.15, -0.1) is 0 Å². The van der Waals surface area contributed by atoms with Crippen molar-refractivity contribution in [3.63, 3.8) is 0 Å². The molecule has 0 saturated heterocycles. The molecule has 0 aromatic heterocycles. The molecular formula is C14H22N2O. The lowest BCUT2D eigenvalue weighted by Crippen LogP contribution is -2.15. The molecule has 0 spiro atoms. The second kappa shape index (κ2) is 5.41. The molecule has 1 aromatic rings. The molecule has 0 aliphatic carbocycles. The van der Waals surface area contributed by atoms with Crippen molar-refractivity contribution >= 4 is 11.4 Å². The molecule has 1 atom stereocenters. The van der Waals surface area contributed by atoms with Gasteiger partial charge in [-0.25, -0.2) is 0 Å². The zero-order valence-corrected chi connectivity index (χ0v) is 11.0. The largest absolute Gasteiger partial charge is 0.385 e. The number of rotatable bonds is 5. The SMILES string of the molecule is COCC(C)CNc1ccc2c(c1)CCN2C. The zero-order valence-electron chi connectivity index (χ0n) is 11.0. The maximum atomic E-state index is 5.13. The number of nitrogens with one attached hydrogen (secondary N) is 1. The van der Waals surface area contributed by atoms with Gasteiger partial charge < -0.3 is 15.0 Å². The second-order valence-corrected chi connectivity index (χ2v) is 4.96. The number of anilines is 2. The number of fused-ring (bicyclic) bond motifs is 1. The molecule has 1 unspecified atom stereocenters. The maximum absolute atomic E-state index is 5.13. The Morgan fingerprint density at radius 3 is 3.06 bits per heavy atom. The lowest BCUT2D eigenvalue weighted by Gasteiger charge is -2.15. The molecule has 0 amide bonds. The molecule has 2 rings (SSSR count). The van der Waals surface area contributed by atoms with E-state index in [1.165, 1.54) is 16.9 Å². The zero-order chi connectivity index (χ0) is 12.3. The fraction of sp³-hybridized carbons (Fsp3) is 0.571. The van der Waals surface area contributed by atoms with Gasteiger partial charge in [0.1, 0.15) is 0 Å². The van der Waals surface area contributed by atoms with E-state index in [0.717, 1.165) is 26.1 Å². The molecule has 1 aromatic carbocycles. The van der Waals surface area contributed by atoms with E-state index < -0.39 is 0 Å². The molecule has 1 heterocycles. The predicted octanol–water partition coefficient (Wildman–Crippen LogP) is 2.37. The molecule has 3 heteroatoms. The van der Waals surface area contributed by atoms with Gasteiger partial charge in [-0.3, -0.25) is 0 Å². The minimum atomic E-state index is 0.538. The summed E-state index contributed by atoms with van der Waals surface area (Å²) in [6, 6.07) is 6.66. The summed E-state index contributed by atoms with van der Waals surface area (Å²) in [5, 5.41) is 3.48. The van der Waals surface area contributed by atoms with E-state index in [9.17, 15) is 0 Å². The summed E-state index contributed by atoms with van der Waals surface area (Å²) in [6.45, 7) is 5.10. The first kappa shape index (κ1) is 12.2. The minimum absolute atomic E-state index is 0.538. The summed E-state index contributed by atoms with van der Waals surface area (Å²) in [7, 11) is 3.90. The first-order valence-corrected chi connectivity index (χ1v) is 6.27. The number of hydrogen-bond donors (Lipinski definition) is 1. The van der Waals surface area contributed by atoms with Gasteiger partial charge in [0.15, 0.2) is 0 Å². The summed E-state index contributed by atoms with van der Waals surface area (Å²) in [4.78, 5) is 2.31. The number of likely N-dealkylation sites (N-methyl/N-ethyl adjacent to an activating group) is 1. The third-order valence-corrected chi connectivity index (χ3v) is 3.31. The van der Waals surface area contributed by atoms with Crippen LogP contribution < -0.4 is 10.2 Å². The molecule has 1 aliphatic rings. The Balaban J connectivity index is 1.94. The van der Waals surface area contributed by atoms with Gasteiger partial charge in [0.25, 0.3) is 0 Å². The van der Waals surface area contributed by atoms with Crippen LogP contribution in [-0.4, -0.2) is 33.9 Å². The maximum Gasteiger partial charge on any atom is 0.0504 e. The molecule has 1 N–H and O–H groups in total. The highest BCUT2D eigenvalue weighted by molar-refractivity contribution is 5.63. The Hall–Kier alpha value is -1.22. The molecule has 0 fully saturated rings. The average Bonchev–Trinajstić information content (AvgIpc) is 2.69. The van der Waals surface area contributed by atoms with E-state index in [4.69, 9.17) is 4.74 Å². The summed E-state index contributed by atoms with van der Waals surface area (Å²) < 4.78 is 5.13. The fourth-order valence-electron chi connectivity index (χ4n) is 2.31. The van der Waals surface area contributed by atoms with Crippen LogP contribution in [0.5, 0.6) is 0 Å². The topological polar surface area (TPSA) is 24.5 Å². The smallest absolute Gasteiger partial charge is 0.0504 e. The monoisotopic (exact) mass is 234 g/mol. The summed E-state index contributed by atoms with van der Waals surface area (Å²) in [5.41, 5.74) is 4.05. The molecular weight excluding hydrogens is 212 g/mol. The van der Waals surface area contributed by atoms with Crippen LogP contribution in [0, 0.1) is 5.92 Å². The van der Waals surface area contributed by atoms with Crippen LogP contribution >= 0.6 is 0 Å². The van der Waals surface area contributed by atoms with Crippen molar-refractivity contribution < 1.29 is 4.74 Å². The molecule has 0 bridgehead atoms. The number of hydrogen-bond acceptors (Lipinski definition) is 3. The van der Waals surface area contributed by atoms with E-state index in [-0.39, 0.29) is 0 Å². The molecule has 3 nitrogen and oxygen atoms in total. The van der Waals surface area contributed by atoms with E-state index >= 15 is 0 Å². The quantitative estimate of drug-likeness (QED) is 0.846. The van der Waals surface area contributed by atoms with Crippen LogP contribution in [0.2, 0.25) is 0 Å². The average molecular weight is 234 g/mol. The van der Waals surface area contributed by atoms with Crippen molar-refractivity contribution in [3.8, 4) is 0 Å². The Bertz CT molecular complexity index is 378. The van der Waals surface area contributed by atoms with Crippen molar-refractivity contribution in [1.29, 1.82) is 0 Å². The molecule has 94 valence electrons. The highest BCUT2D eigenvalue weighted by Gasteiger charge is 2.15. The Morgan fingerprint density at radius 1 is 1.47 bits per heavy atom. The van der Waals surface area contributed by atoms with Crippen LogP contribution in [0.15, 0.2) is 18.2 Å². The number of nitrogens with zero attached hydrogens (tertiary/aromatic N) is 1. The van der Waals surface area contributed by atoms with Gasteiger partial charge in [-0.2, -0.15) is 0 Å². The van der Waals surface area contributed by atoms with E-state index in [1.807, 2.05) is 0 Å². The Kier molecular flexibility index (Phi) is 3.89. The summed E-state index contributed by atoms with van der Waals surface area (Å²) in [5.74, 6) is 0.538. The van der Waals surface area contributed by atoms with Gasteiger partial charge in [-0.05, 0) is 36.1 Å². The first-order valence-electron chi connectivity index (χ1n) is 6.27. The predicted molar refractivity (Wildman–Crippen MR) is 72.9 cm³/mol. The molecule has 1 aliphatic heterocycles. The van der Waals surface area contributed by atoms with Gasteiger partial charge in [0, 0.05) is 38.6 Å². The van der Waals surface area contributed by atoms with Gasteiger partial charge >= 0.3 is 0 Å². The summed E-state index contributed by atoms with van der Waals surface area (Å²) in [6.07, 6.45) is 1.16. The van der Waals surface area contributed by atoms with Crippen LogP contribution in [0.3, 0.4) is 0 Å². The Labute approximate surface area is 104 Å². The normalized spacial score (nSPS) is 15.8. The van der Waals surface area contributed by atoms with Gasteiger partial charge in [0.05, 0.1) is 6.61 Å². The lowest BCUT2D eigenvalue weighted by molar-refractivity contribution is 0.164. The minimum Gasteiger partial charge on any atom is -0.385 e. The Morgan fingerprint density at radius 2 is 2.29 bits per heavy atom. The van der Waals surface area contributed by atoms with E-state index in [2.05, 4.69) is 42.4 Å². The summed E-state index contributed by atoms with van der Waals surface area (Å²) >= 11 is 0.